The van der Waals surface area contributed by atoms with Crippen molar-refractivity contribution in [2.75, 3.05) is 0 Å². The molecule has 2 rings (SSSR count). The smallest absolute Gasteiger partial charge is 0.177 e. The molecule has 0 amide bonds. The topological polar surface area (TPSA) is 91.2 Å². The molecule has 0 saturated heterocycles. The summed E-state index contributed by atoms with van der Waals surface area (Å²) >= 11 is 0. The molecule has 6 nitrogen and oxygen atoms in total. The number of aromatic nitrogens is 4. The van der Waals surface area contributed by atoms with E-state index in [9.17, 15) is 0 Å². The third kappa shape index (κ3) is 1.72. The lowest BCUT2D eigenvalue weighted by Crippen LogP contribution is -2.03. The van der Waals surface area contributed by atoms with Crippen molar-refractivity contribution in [2.45, 2.75) is 13.8 Å². The molecule has 0 aliphatic carbocycles. The van der Waals surface area contributed by atoms with Gasteiger partial charge in [0.25, 0.3) is 0 Å². The maximum Gasteiger partial charge on any atom is 0.177 e. The molecule has 2 aromatic heterocycles. The minimum absolute atomic E-state index is 0.0903. The lowest BCUT2D eigenvalue weighted by molar-refractivity contribution is 0.920. The van der Waals surface area contributed by atoms with Crippen LogP contribution in [0.1, 0.15) is 22.8 Å². The Morgan fingerprint density at radius 3 is 2.47 bits per heavy atom. The van der Waals surface area contributed by atoms with Gasteiger partial charge in [0.2, 0.25) is 0 Å². The van der Waals surface area contributed by atoms with Gasteiger partial charge in [-0.3, -0.25) is 9.55 Å². The second-order valence-corrected chi connectivity index (χ2v) is 3.43. The minimum atomic E-state index is 0.0903. The van der Waals surface area contributed by atoms with Gasteiger partial charge in [-0.05, 0) is 13.8 Å². The number of hydrogen-bond acceptors (Lipinski definition) is 5. The normalized spacial score (nSPS) is 9.65. The highest BCUT2D eigenvalue weighted by molar-refractivity contribution is 5.41. The Hall–Kier alpha value is -2.73. The van der Waals surface area contributed by atoms with Crippen molar-refractivity contribution in [2.24, 2.45) is 0 Å². The van der Waals surface area contributed by atoms with Crippen LogP contribution >= 0.6 is 0 Å². The monoisotopic (exact) mass is 224 g/mol. The average molecular weight is 224 g/mol. The Kier molecular flexibility index (Phi) is 2.55. The summed E-state index contributed by atoms with van der Waals surface area (Å²) in [6.07, 6.45) is 2.95. The van der Waals surface area contributed by atoms with Crippen molar-refractivity contribution in [3.05, 3.63) is 35.3 Å². The predicted molar refractivity (Wildman–Crippen MR) is 58.1 cm³/mol. The molecular weight excluding hydrogens is 216 g/mol. The molecular formula is C11H8N6. The second kappa shape index (κ2) is 4.03. The van der Waals surface area contributed by atoms with E-state index < -0.39 is 0 Å². The molecule has 0 radical (unpaired) electrons. The number of rotatable bonds is 1. The molecule has 2 heterocycles. The molecule has 0 aromatic carbocycles. The zero-order valence-corrected chi connectivity index (χ0v) is 9.34. The highest BCUT2D eigenvalue weighted by atomic mass is 15.1. The summed E-state index contributed by atoms with van der Waals surface area (Å²) in [6.45, 7) is 3.69. The Balaban J connectivity index is 2.62. The number of nitriles is 2. The second-order valence-electron chi connectivity index (χ2n) is 3.43. The average Bonchev–Trinajstić information content (AvgIpc) is 2.75. The first kappa shape index (κ1) is 10.8. The van der Waals surface area contributed by atoms with Gasteiger partial charge in [-0.2, -0.15) is 10.5 Å². The molecule has 2 aromatic rings. The van der Waals surface area contributed by atoms with E-state index in [1.54, 1.807) is 6.20 Å². The summed E-state index contributed by atoms with van der Waals surface area (Å²) in [4.78, 5) is 12.3. The van der Waals surface area contributed by atoms with E-state index >= 15 is 0 Å². The molecule has 0 spiro atoms. The van der Waals surface area contributed by atoms with Gasteiger partial charge in [0.15, 0.2) is 17.2 Å². The molecule has 82 valence electrons. The molecule has 0 atom stereocenters. The summed E-state index contributed by atoms with van der Waals surface area (Å²) in [7, 11) is 0. The van der Waals surface area contributed by atoms with Crippen LogP contribution in [0.5, 0.6) is 0 Å². The Morgan fingerprint density at radius 2 is 1.88 bits per heavy atom. The van der Waals surface area contributed by atoms with Crippen LogP contribution in [0.3, 0.4) is 0 Å². The fraction of sp³-hybridized carbons (Fsp3) is 0.182. The highest BCUT2D eigenvalue weighted by Gasteiger charge is 2.12. The van der Waals surface area contributed by atoms with E-state index in [0.29, 0.717) is 5.82 Å². The van der Waals surface area contributed by atoms with Crippen molar-refractivity contribution in [1.82, 2.24) is 19.5 Å². The van der Waals surface area contributed by atoms with Crippen molar-refractivity contribution in [3.63, 3.8) is 0 Å². The van der Waals surface area contributed by atoms with Crippen LogP contribution in [0.4, 0.5) is 0 Å². The maximum atomic E-state index is 8.99. The van der Waals surface area contributed by atoms with E-state index in [0.717, 1.165) is 11.4 Å². The van der Waals surface area contributed by atoms with Gasteiger partial charge >= 0.3 is 0 Å². The molecule has 0 unspecified atom stereocenters. The van der Waals surface area contributed by atoms with E-state index in [-0.39, 0.29) is 11.4 Å². The highest BCUT2D eigenvalue weighted by Crippen LogP contribution is 2.12. The minimum Gasteiger partial charge on any atom is -0.272 e. The van der Waals surface area contributed by atoms with Crippen molar-refractivity contribution >= 4 is 0 Å². The zero-order valence-electron chi connectivity index (χ0n) is 9.34. The van der Waals surface area contributed by atoms with E-state index in [1.165, 1.54) is 10.9 Å². The lowest BCUT2D eigenvalue weighted by atomic mass is 10.3. The molecule has 6 heteroatoms. The van der Waals surface area contributed by atoms with Gasteiger partial charge in [0, 0.05) is 0 Å². The van der Waals surface area contributed by atoms with Gasteiger partial charge in [0.05, 0.1) is 17.6 Å². The van der Waals surface area contributed by atoms with Crippen LogP contribution in [0.2, 0.25) is 0 Å². The van der Waals surface area contributed by atoms with Crippen LogP contribution in [-0.4, -0.2) is 19.5 Å². The predicted octanol–water partition coefficient (Wildman–Crippen LogP) is 1.02. The van der Waals surface area contributed by atoms with Crippen LogP contribution in [0.25, 0.3) is 5.82 Å². The maximum absolute atomic E-state index is 8.99. The van der Waals surface area contributed by atoms with Crippen LogP contribution in [0.15, 0.2) is 12.5 Å². The van der Waals surface area contributed by atoms with Crippen molar-refractivity contribution < 1.29 is 0 Å². The fourth-order valence-corrected chi connectivity index (χ4v) is 1.36. The zero-order chi connectivity index (χ0) is 12.4. The van der Waals surface area contributed by atoms with Gasteiger partial charge in [-0.1, -0.05) is 0 Å². The standard InChI is InChI=1S/C11H8N6/c1-7-8(2)16-11(5-14-7)17-6-15-9(3-12)10(17)4-13/h5-6H,1-2H3. The summed E-state index contributed by atoms with van der Waals surface area (Å²) in [6, 6.07) is 3.80. The number of hydrogen-bond donors (Lipinski definition) is 0. The SMILES string of the molecule is Cc1ncc(-n2cnc(C#N)c2C#N)nc1C. The number of aryl methyl sites for hydroxylation is 2. The van der Waals surface area contributed by atoms with E-state index in [2.05, 4.69) is 15.0 Å². The van der Waals surface area contributed by atoms with E-state index in [4.69, 9.17) is 10.5 Å². The third-order valence-electron chi connectivity index (χ3n) is 2.41. The van der Waals surface area contributed by atoms with Gasteiger partial charge in [0.1, 0.15) is 18.5 Å². The van der Waals surface area contributed by atoms with Gasteiger partial charge in [-0.25, -0.2) is 9.97 Å². The summed E-state index contributed by atoms with van der Waals surface area (Å²) in [5.41, 5.74) is 1.86. The van der Waals surface area contributed by atoms with E-state index in [1.807, 2.05) is 26.0 Å². The van der Waals surface area contributed by atoms with Gasteiger partial charge in [-0.15, -0.1) is 0 Å². The van der Waals surface area contributed by atoms with Gasteiger partial charge < -0.3 is 0 Å². The van der Waals surface area contributed by atoms with Crippen LogP contribution < -0.4 is 0 Å². The van der Waals surface area contributed by atoms with Crippen molar-refractivity contribution in [3.8, 4) is 18.0 Å². The number of imidazole rings is 1. The molecule has 0 saturated carbocycles. The number of nitrogens with zero attached hydrogens (tertiary/aromatic N) is 6. The molecule has 17 heavy (non-hydrogen) atoms. The van der Waals surface area contributed by atoms with Crippen LogP contribution in [0, 0.1) is 36.5 Å². The quantitative estimate of drug-likeness (QED) is 0.721. The van der Waals surface area contributed by atoms with Crippen LogP contribution in [-0.2, 0) is 0 Å². The molecule has 0 aliphatic heterocycles. The molecule has 0 fully saturated rings. The molecule has 0 aliphatic rings. The lowest BCUT2D eigenvalue weighted by Gasteiger charge is -2.04. The largest absolute Gasteiger partial charge is 0.272 e. The first-order chi connectivity index (χ1) is 8.17. The Bertz CT molecular complexity index is 656. The molecule has 0 N–H and O–H groups in total. The van der Waals surface area contributed by atoms with Crippen molar-refractivity contribution in [1.29, 1.82) is 10.5 Å². The first-order valence-corrected chi connectivity index (χ1v) is 4.85. The summed E-state index contributed by atoms with van der Waals surface area (Å²) in [5, 5.41) is 17.8. The Morgan fingerprint density at radius 1 is 1.12 bits per heavy atom. The fourth-order valence-electron chi connectivity index (χ4n) is 1.36. The third-order valence-corrected chi connectivity index (χ3v) is 2.41. The summed E-state index contributed by atoms with van der Waals surface area (Å²) in [5.74, 6) is 0.485. The first-order valence-electron chi connectivity index (χ1n) is 4.85. The summed E-state index contributed by atoms with van der Waals surface area (Å²) < 4.78 is 1.46. The molecule has 0 bridgehead atoms. The Labute approximate surface area is 97.8 Å².